The van der Waals surface area contributed by atoms with Gasteiger partial charge in [0.2, 0.25) is 0 Å². The van der Waals surface area contributed by atoms with Crippen LogP contribution in [0.4, 0.5) is 5.82 Å². The molecule has 0 aliphatic heterocycles. The zero-order chi connectivity index (χ0) is 15.9. The lowest BCUT2D eigenvalue weighted by Crippen LogP contribution is -2.30. The molecule has 0 radical (unpaired) electrons. The van der Waals surface area contributed by atoms with Crippen molar-refractivity contribution in [2.75, 3.05) is 5.43 Å². The summed E-state index contributed by atoms with van der Waals surface area (Å²) >= 11 is 0. The van der Waals surface area contributed by atoms with Crippen molar-refractivity contribution in [3.05, 3.63) is 40.8 Å². The maximum atomic E-state index is 12.3. The molecule has 0 aliphatic rings. The predicted molar refractivity (Wildman–Crippen MR) is 82.5 cm³/mol. The minimum atomic E-state index is -0.339. The maximum absolute atomic E-state index is 12.3. The molecule has 22 heavy (non-hydrogen) atoms. The molecule has 3 aromatic rings. The fraction of sp³-hybridized carbons (Fsp3) is 0.267. The molecule has 0 saturated carbocycles. The number of aryl methyl sites for hydroxylation is 4. The van der Waals surface area contributed by atoms with Gasteiger partial charge in [-0.3, -0.25) is 15.6 Å². The molecule has 0 atom stereocenters. The Morgan fingerprint density at radius 3 is 2.59 bits per heavy atom. The second kappa shape index (κ2) is 5.18. The molecule has 7 heteroatoms. The van der Waals surface area contributed by atoms with E-state index in [1.165, 1.54) is 10.9 Å². The Labute approximate surface area is 127 Å². The number of anilines is 1. The third kappa shape index (κ3) is 2.20. The highest BCUT2D eigenvalue weighted by Gasteiger charge is 2.20. The van der Waals surface area contributed by atoms with Gasteiger partial charge in [0, 0.05) is 18.0 Å². The number of amides is 1. The quantitative estimate of drug-likeness (QED) is 0.724. The van der Waals surface area contributed by atoms with Crippen LogP contribution in [0.1, 0.15) is 27.2 Å². The second-order valence-corrected chi connectivity index (χ2v) is 5.28. The first-order valence-corrected chi connectivity index (χ1v) is 6.89. The summed E-state index contributed by atoms with van der Waals surface area (Å²) in [5.41, 5.74) is 9.05. The number of carbonyl (C=O) groups excluding carboxylic acids is 1. The van der Waals surface area contributed by atoms with Gasteiger partial charge in [0.1, 0.15) is 5.58 Å². The van der Waals surface area contributed by atoms with Crippen LogP contribution in [0.3, 0.4) is 0 Å². The fourth-order valence-electron chi connectivity index (χ4n) is 2.47. The highest BCUT2D eigenvalue weighted by atomic mass is 16.3. The standard InChI is InChI=1S/C15H17N5O2/c1-8-5-6-9(2)13-12(8)10(3)14(22-13)15(21)18-17-11-7-16-19-20(11)4/h5-7,17H,1-4H3,(H,18,21). The van der Waals surface area contributed by atoms with Crippen LogP contribution in [0.2, 0.25) is 0 Å². The van der Waals surface area contributed by atoms with E-state index in [-0.39, 0.29) is 5.91 Å². The lowest BCUT2D eigenvalue weighted by atomic mass is 10.0. The number of hydrogen-bond acceptors (Lipinski definition) is 5. The van der Waals surface area contributed by atoms with Crippen molar-refractivity contribution < 1.29 is 9.21 Å². The molecule has 0 saturated heterocycles. The molecular weight excluding hydrogens is 282 g/mol. The number of aromatic nitrogens is 3. The van der Waals surface area contributed by atoms with Gasteiger partial charge in [-0.2, -0.15) is 0 Å². The Morgan fingerprint density at radius 2 is 1.95 bits per heavy atom. The molecule has 0 fully saturated rings. The molecule has 3 rings (SSSR count). The van der Waals surface area contributed by atoms with Gasteiger partial charge in [-0.05, 0) is 31.9 Å². The number of nitrogens with one attached hydrogen (secondary N) is 2. The number of carbonyl (C=O) groups is 1. The minimum Gasteiger partial charge on any atom is -0.450 e. The highest BCUT2D eigenvalue weighted by molar-refractivity contribution is 6.00. The fourth-order valence-corrected chi connectivity index (χ4v) is 2.47. The summed E-state index contributed by atoms with van der Waals surface area (Å²) in [5, 5.41) is 8.49. The van der Waals surface area contributed by atoms with Crippen molar-refractivity contribution in [1.29, 1.82) is 0 Å². The largest absolute Gasteiger partial charge is 0.450 e. The highest BCUT2D eigenvalue weighted by Crippen LogP contribution is 2.30. The van der Waals surface area contributed by atoms with Gasteiger partial charge >= 0.3 is 5.91 Å². The number of fused-ring (bicyclic) bond motifs is 1. The Bertz CT molecular complexity index is 862. The summed E-state index contributed by atoms with van der Waals surface area (Å²) < 4.78 is 7.30. The van der Waals surface area contributed by atoms with Crippen LogP contribution in [0.15, 0.2) is 22.7 Å². The van der Waals surface area contributed by atoms with Crippen LogP contribution in [0.25, 0.3) is 11.0 Å². The van der Waals surface area contributed by atoms with E-state index in [0.29, 0.717) is 11.6 Å². The predicted octanol–water partition coefficient (Wildman–Crippen LogP) is 2.24. The molecule has 2 aromatic heterocycles. The van der Waals surface area contributed by atoms with Crippen LogP contribution >= 0.6 is 0 Å². The van der Waals surface area contributed by atoms with Crippen LogP contribution in [0.5, 0.6) is 0 Å². The SMILES string of the molecule is Cc1ccc(C)c2c(C)c(C(=O)NNc3cnnn3C)oc12. The second-order valence-electron chi connectivity index (χ2n) is 5.28. The van der Waals surface area contributed by atoms with E-state index in [1.54, 1.807) is 7.05 Å². The molecular formula is C15H17N5O2. The van der Waals surface area contributed by atoms with Gasteiger partial charge in [0.15, 0.2) is 11.6 Å². The molecule has 0 aliphatic carbocycles. The summed E-state index contributed by atoms with van der Waals surface area (Å²) in [7, 11) is 1.72. The maximum Gasteiger partial charge on any atom is 0.305 e. The van der Waals surface area contributed by atoms with Gasteiger partial charge in [-0.1, -0.05) is 17.3 Å². The first-order valence-electron chi connectivity index (χ1n) is 6.89. The lowest BCUT2D eigenvalue weighted by Gasteiger charge is -2.06. The smallest absolute Gasteiger partial charge is 0.305 e. The lowest BCUT2D eigenvalue weighted by molar-refractivity contribution is 0.0936. The van der Waals surface area contributed by atoms with Crippen LogP contribution in [-0.4, -0.2) is 20.9 Å². The zero-order valence-corrected chi connectivity index (χ0v) is 12.9. The number of hydrogen-bond donors (Lipinski definition) is 2. The Morgan fingerprint density at radius 1 is 1.23 bits per heavy atom. The summed E-state index contributed by atoms with van der Waals surface area (Å²) in [6, 6.07) is 4.02. The van der Waals surface area contributed by atoms with Gasteiger partial charge < -0.3 is 4.42 Å². The zero-order valence-electron chi connectivity index (χ0n) is 12.9. The summed E-state index contributed by atoms with van der Waals surface area (Å²) in [5.74, 6) is 0.540. The number of furan rings is 1. The monoisotopic (exact) mass is 299 g/mol. The Hall–Kier alpha value is -2.83. The summed E-state index contributed by atoms with van der Waals surface area (Å²) in [4.78, 5) is 12.3. The number of rotatable bonds is 3. The van der Waals surface area contributed by atoms with Gasteiger partial charge in [0.05, 0.1) is 6.20 Å². The summed E-state index contributed by atoms with van der Waals surface area (Å²) in [6.45, 7) is 5.86. The van der Waals surface area contributed by atoms with E-state index in [2.05, 4.69) is 21.2 Å². The molecule has 0 unspecified atom stereocenters. The first-order chi connectivity index (χ1) is 10.5. The van der Waals surface area contributed by atoms with Crippen LogP contribution < -0.4 is 10.9 Å². The number of hydrazine groups is 1. The van der Waals surface area contributed by atoms with E-state index in [1.807, 2.05) is 32.9 Å². The Kier molecular flexibility index (Phi) is 3.32. The molecule has 0 spiro atoms. The number of nitrogens with zero attached hydrogens (tertiary/aromatic N) is 3. The van der Waals surface area contributed by atoms with E-state index in [0.717, 1.165) is 27.7 Å². The van der Waals surface area contributed by atoms with Crippen molar-refractivity contribution in [3.63, 3.8) is 0 Å². The van der Waals surface area contributed by atoms with E-state index < -0.39 is 0 Å². The minimum absolute atomic E-state index is 0.301. The average molecular weight is 299 g/mol. The van der Waals surface area contributed by atoms with Crippen LogP contribution in [-0.2, 0) is 7.05 Å². The number of benzene rings is 1. The molecule has 1 amide bonds. The first kappa shape index (κ1) is 14.1. The van der Waals surface area contributed by atoms with Crippen LogP contribution in [0, 0.1) is 20.8 Å². The van der Waals surface area contributed by atoms with E-state index in [4.69, 9.17) is 4.42 Å². The summed E-state index contributed by atoms with van der Waals surface area (Å²) in [6.07, 6.45) is 1.51. The molecule has 7 nitrogen and oxygen atoms in total. The molecule has 0 bridgehead atoms. The van der Waals surface area contributed by atoms with Gasteiger partial charge in [0.25, 0.3) is 0 Å². The van der Waals surface area contributed by atoms with E-state index in [9.17, 15) is 4.79 Å². The van der Waals surface area contributed by atoms with E-state index >= 15 is 0 Å². The van der Waals surface area contributed by atoms with Crippen molar-refractivity contribution in [3.8, 4) is 0 Å². The third-order valence-electron chi connectivity index (χ3n) is 3.71. The molecule has 2 heterocycles. The van der Waals surface area contributed by atoms with Crippen molar-refractivity contribution in [1.82, 2.24) is 20.4 Å². The van der Waals surface area contributed by atoms with Crippen molar-refractivity contribution >= 4 is 22.7 Å². The molecule has 1 aromatic carbocycles. The van der Waals surface area contributed by atoms with Gasteiger partial charge in [-0.15, -0.1) is 5.10 Å². The van der Waals surface area contributed by atoms with Gasteiger partial charge in [-0.25, -0.2) is 4.68 Å². The van der Waals surface area contributed by atoms with Crippen molar-refractivity contribution in [2.45, 2.75) is 20.8 Å². The average Bonchev–Trinajstić information content (AvgIpc) is 3.05. The molecule has 114 valence electrons. The Balaban J connectivity index is 1.91. The third-order valence-corrected chi connectivity index (χ3v) is 3.71. The topological polar surface area (TPSA) is 85.0 Å². The molecule has 2 N–H and O–H groups in total. The van der Waals surface area contributed by atoms with Crippen molar-refractivity contribution in [2.24, 2.45) is 7.05 Å². The normalized spacial score (nSPS) is 10.9.